The lowest BCUT2D eigenvalue weighted by atomic mass is 10.1. The molecule has 0 unspecified atom stereocenters. The molecule has 27 heavy (non-hydrogen) atoms. The fourth-order valence-corrected chi connectivity index (χ4v) is 3.28. The fraction of sp³-hybridized carbons (Fsp3) is 0.222. The summed E-state index contributed by atoms with van der Waals surface area (Å²) >= 11 is 12.0. The minimum absolute atomic E-state index is 0.00565. The van der Waals surface area contributed by atoms with Crippen LogP contribution in [0.2, 0.25) is 10.0 Å². The Balaban J connectivity index is 1.77. The second-order valence-electron chi connectivity index (χ2n) is 6.22. The first-order valence-corrected chi connectivity index (χ1v) is 8.84. The minimum atomic E-state index is -0.604. The number of amides is 2. The van der Waals surface area contributed by atoms with Crippen LogP contribution >= 0.6 is 23.2 Å². The highest BCUT2D eigenvalue weighted by Gasteiger charge is 2.36. The van der Waals surface area contributed by atoms with Gasteiger partial charge in [-0.05, 0) is 25.1 Å². The molecule has 1 atom stereocenters. The summed E-state index contributed by atoms with van der Waals surface area (Å²) in [6.45, 7) is 1.75. The molecule has 1 aliphatic rings. The van der Waals surface area contributed by atoms with Crippen molar-refractivity contribution in [2.24, 2.45) is 5.92 Å². The fourth-order valence-electron chi connectivity index (χ4n) is 2.93. The lowest BCUT2D eigenvalue weighted by Gasteiger charge is -2.17. The van der Waals surface area contributed by atoms with E-state index in [1.54, 1.807) is 37.3 Å². The average molecular weight is 408 g/mol. The van der Waals surface area contributed by atoms with Gasteiger partial charge in [0.1, 0.15) is 0 Å². The normalized spacial score (nSPS) is 16.5. The molecular weight excluding hydrogens is 393 g/mol. The number of nitro benzene ring substituents is 1. The zero-order chi connectivity index (χ0) is 19.7. The highest BCUT2D eigenvalue weighted by atomic mass is 35.5. The predicted molar refractivity (Wildman–Crippen MR) is 103 cm³/mol. The summed E-state index contributed by atoms with van der Waals surface area (Å²) in [5, 5.41) is 14.3. The first-order valence-electron chi connectivity index (χ1n) is 8.08. The Labute approximate surface area is 165 Å². The Bertz CT molecular complexity index is 948. The predicted octanol–water partition coefficient (Wildman–Crippen LogP) is 4.20. The van der Waals surface area contributed by atoms with Crippen LogP contribution in [0.3, 0.4) is 0 Å². The molecule has 2 amide bonds. The summed E-state index contributed by atoms with van der Waals surface area (Å²) in [6, 6.07) is 9.44. The van der Waals surface area contributed by atoms with Gasteiger partial charge in [-0.2, -0.15) is 0 Å². The first-order chi connectivity index (χ1) is 12.8. The zero-order valence-electron chi connectivity index (χ0n) is 14.2. The molecule has 1 fully saturated rings. The number of nitrogens with one attached hydrogen (secondary N) is 1. The van der Waals surface area contributed by atoms with Gasteiger partial charge >= 0.3 is 0 Å². The van der Waals surface area contributed by atoms with Crippen molar-refractivity contribution >= 4 is 52.1 Å². The van der Waals surface area contributed by atoms with Gasteiger partial charge in [-0.1, -0.05) is 35.3 Å². The van der Waals surface area contributed by atoms with Gasteiger partial charge in [0.05, 0.1) is 32.3 Å². The Hall–Kier alpha value is -2.64. The number of aryl methyl sites for hydroxylation is 1. The number of carbonyl (C=O) groups excluding carboxylic acids is 2. The lowest BCUT2D eigenvalue weighted by molar-refractivity contribution is -0.385. The number of nitrogens with zero attached hydrogens (tertiary/aromatic N) is 2. The standard InChI is InChI=1S/C18H15Cl2N3O4/c1-10-5-6-12(8-15(10)23(26)27)22-9-11(7-16(22)24)18(25)21-14-4-2-3-13(19)17(14)20/h2-6,8,11H,7,9H2,1H3,(H,21,25)/t11-/m1/s1. The molecule has 0 aliphatic carbocycles. The number of nitro groups is 1. The molecule has 0 aromatic heterocycles. The van der Waals surface area contributed by atoms with Crippen LogP contribution < -0.4 is 10.2 Å². The van der Waals surface area contributed by atoms with Gasteiger partial charge in [-0.25, -0.2) is 0 Å². The summed E-state index contributed by atoms with van der Waals surface area (Å²) in [5.74, 6) is -1.24. The molecule has 3 rings (SSSR count). The number of anilines is 2. The van der Waals surface area contributed by atoms with E-state index in [9.17, 15) is 19.7 Å². The molecule has 7 nitrogen and oxygen atoms in total. The van der Waals surface area contributed by atoms with E-state index >= 15 is 0 Å². The molecule has 2 aromatic rings. The zero-order valence-corrected chi connectivity index (χ0v) is 15.8. The molecule has 0 saturated carbocycles. The van der Waals surface area contributed by atoms with E-state index in [4.69, 9.17) is 23.2 Å². The van der Waals surface area contributed by atoms with E-state index in [0.29, 0.717) is 22.0 Å². The largest absolute Gasteiger partial charge is 0.324 e. The molecule has 1 N–H and O–H groups in total. The quantitative estimate of drug-likeness (QED) is 0.606. The third kappa shape index (κ3) is 3.89. The van der Waals surface area contributed by atoms with Crippen LogP contribution in [0.4, 0.5) is 17.1 Å². The van der Waals surface area contributed by atoms with Gasteiger partial charge < -0.3 is 10.2 Å². The highest BCUT2D eigenvalue weighted by Crippen LogP contribution is 2.32. The number of hydrogen-bond acceptors (Lipinski definition) is 4. The van der Waals surface area contributed by atoms with Crippen molar-refractivity contribution in [3.63, 3.8) is 0 Å². The second kappa shape index (κ2) is 7.54. The van der Waals surface area contributed by atoms with Gasteiger partial charge in [0.25, 0.3) is 5.69 Å². The Morgan fingerprint density at radius 3 is 2.74 bits per heavy atom. The molecule has 1 aliphatic heterocycles. The van der Waals surface area contributed by atoms with Crippen LogP contribution in [0.25, 0.3) is 0 Å². The third-order valence-corrected chi connectivity index (χ3v) is 5.23. The SMILES string of the molecule is Cc1ccc(N2C[C@H](C(=O)Nc3cccc(Cl)c3Cl)CC2=O)cc1[N+](=O)[O-]. The van der Waals surface area contributed by atoms with Crippen molar-refractivity contribution < 1.29 is 14.5 Å². The van der Waals surface area contributed by atoms with E-state index in [1.807, 2.05) is 0 Å². The second-order valence-corrected chi connectivity index (χ2v) is 7.01. The van der Waals surface area contributed by atoms with E-state index in [-0.39, 0.29) is 35.5 Å². The highest BCUT2D eigenvalue weighted by molar-refractivity contribution is 6.44. The van der Waals surface area contributed by atoms with Crippen molar-refractivity contribution in [2.75, 3.05) is 16.8 Å². The summed E-state index contributed by atoms with van der Waals surface area (Å²) in [5.41, 5.74) is 1.19. The number of carbonyl (C=O) groups is 2. The maximum Gasteiger partial charge on any atom is 0.274 e. The summed E-state index contributed by atoms with van der Waals surface area (Å²) in [7, 11) is 0. The molecular formula is C18H15Cl2N3O4. The molecule has 1 saturated heterocycles. The van der Waals surface area contributed by atoms with Crippen LogP contribution in [0.15, 0.2) is 36.4 Å². The average Bonchev–Trinajstić information content (AvgIpc) is 3.01. The van der Waals surface area contributed by atoms with Crippen LogP contribution in [0, 0.1) is 23.0 Å². The van der Waals surface area contributed by atoms with Crippen molar-refractivity contribution in [1.29, 1.82) is 0 Å². The maximum absolute atomic E-state index is 12.5. The van der Waals surface area contributed by atoms with Gasteiger partial charge in [0, 0.05) is 24.6 Å². The molecule has 140 valence electrons. The van der Waals surface area contributed by atoms with E-state index in [0.717, 1.165) is 0 Å². The number of rotatable bonds is 4. The monoisotopic (exact) mass is 407 g/mol. The van der Waals surface area contributed by atoms with Crippen molar-refractivity contribution in [3.8, 4) is 0 Å². The number of hydrogen-bond donors (Lipinski definition) is 1. The first kappa shape index (κ1) is 19.1. The topological polar surface area (TPSA) is 92.6 Å². The summed E-state index contributed by atoms with van der Waals surface area (Å²) < 4.78 is 0. The Morgan fingerprint density at radius 1 is 1.30 bits per heavy atom. The minimum Gasteiger partial charge on any atom is -0.324 e. The van der Waals surface area contributed by atoms with E-state index in [2.05, 4.69) is 5.32 Å². The molecule has 9 heteroatoms. The van der Waals surface area contributed by atoms with Gasteiger partial charge in [-0.15, -0.1) is 0 Å². The van der Waals surface area contributed by atoms with Gasteiger partial charge in [0.2, 0.25) is 11.8 Å². The third-order valence-electron chi connectivity index (χ3n) is 4.41. The van der Waals surface area contributed by atoms with Crippen molar-refractivity contribution in [2.45, 2.75) is 13.3 Å². The molecule has 0 spiro atoms. The van der Waals surface area contributed by atoms with E-state index in [1.165, 1.54) is 11.0 Å². The number of benzene rings is 2. The van der Waals surface area contributed by atoms with Crippen molar-refractivity contribution in [1.82, 2.24) is 0 Å². The lowest BCUT2D eigenvalue weighted by Crippen LogP contribution is -2.28. The van der Waals surface area contributed by atoms with Crippen molar-refractivity contribution in [3.05, 3.63) is 62.1 Å². The summed E-state index contributed by atoms with van der Waals surface area (Å²) in [6.07, 6.45) is 0.00565. The Kier molecular flexibility index (Phi) is 5.34. The number of halogens is 2. The summed E-state index contributed by atoms with van der Waals surface area (Å²) in [4.78, 5) is 36.9. The molecule has 0 radical (unpaired) electrons. The van der Waals surface area contributed by atoms with E-state index < -0.39 is 10.8 Å². The molecule has 2 aromatic carbocycles. The smallest absolute Gasteiger partial charge is 0.274 e. The van der Waals surface area contributed by atoms with Crippen LogP contribution in [-0.4, -0.2) is 23.3 Å². The van der Waals surface area contributed by atoms with Gasteiger partial charge in [-0.3, -0.25) is 19.7 Å². The van der Waals surface area contributed by atoms with Crippen LogP contribution in [0.5, 0.6) is 0 Å². The Morgan fingerprint density at radius 2 is 2.04 bits per heavy atom. The maximum atomic E-state index is 12.5. The van der Waals surface area contributed by atoms with Crippen LogP contribution in [0.1, 0.15) is 12.0 Å². The van der Waals surface area contributed by atoms with Crippen LogP contribution in [-0.2, 0) is 9.59 Å². The van der Waals surface area contributed by atoms with Gasteiger partial charge in [0.15, 0.2) is 0 Å². The molecule has 1 heterocycles. The molecule has 0 bridgehead atoms.